The number of halogens is 1. The lowest BCUT2D eigenvalue weighted by molar-refractivity contribution is 1.05. The second-order valence-electron chi connectivity index (χ2n) is 5.67. The lowest BCUT2D eigenvalue weighted by Gasteiger charge is -2.10. The highest BCUT2D eigenvalue weighted by Crippen LogP contribution is 2.23. The van der Waals surface area contributed by atoms with Crippen LogP contribution >= 0.6 is 23.8 Å². The van der Waals surface area contributed by atoms with Crippen LogP contribution in [0.2, 0.25) is 5.02 Å². The third kappa shape index (κ3) is 3.83. The average Bonchev–Trinajstić information content (AvgIpc) is 3.02. The first-order valence-electron chi connectivity index (χ1n) is 8.04. The predicted octanol–water partition coefficient (Wildman–Crippen LogP) is 5.01. The monoisotopic (exact) mass is 370 g/mol. The maximum atomic E-state index is 6.11. The van der Waals surface area contributed by atoms with Crippen molar-refractivity contribution in [2.45, 2.75) is 20.3 Å². The SMILES string of the molecule is CCc1cccc2c(/C=N/NC(=S)Nc3cccc(Cl)c3C)c[nH]c12. The molecule has 3 aromatic rings. The first-order chi connectivity index (χ1) is 12.1. The molecule has 1 aromatic heterocycles. The van der Waals surface area contributed by atoms with E-state index in [0.717, 1.165) is 34.1 Å². The summed E-state index contributed by atoms with van der Waals surface area (Å²) in [6.45, 7) is 4.08. The highest BCUT2D eigenvalue weighted by atomic mass is 35.5. The summed E-state index contributed by atoms with van der Waals surface area (Å²) in [6, 6.07) is 11.9. The van der Waals surface area contributed by atoms with E-state index in [4.69, 9.17) is 23.8 Å². The third-order valence-electron chi connectivity index (χ3n) is 4.10. The number of hydrogen-bond acceptors (Lipinski definition) is 2. The standard InChI is InChI=1S/C19H19ClN4S/c1-3-13-6-4-7-15-14(10-21-18(13)15)11-22-24-19(25)23-17-9-5-8-16(20)12(17)2/h4-11,21H,3H2,1-2H3,(H2,23,24,25)/b22-11+. The fourth-order valence-corrected chi connectivity index (χ4v) is 3.03. The van der Waals surface area contributed by atoms with E-state index in [-0.39, 0.29) is 0 Å². The van der Waals surface area contributed by atoms with Gasteiger partial charge < -0.3 is 10.3 Å². The molecule has 3 N–H and O–H groups in total. The number of thiocarbonyl (C=S) groups is 1. The molecule has 0 aliphatic heterocycles. The third-order valence-corrected chi connectivity index (χ3v) is 4.70. The van der Waals surface area contributed by atoms with Gasteiger partial charge in [0.25, 0.3) is 0 Å². The molecule has 0 fully saturated rings. The molecule has 3 rings (SSSR count). The van der Waals surface area contributed by atoms with E-state index < -0.39 is 0 Å². The Morgan fingerprint density at radius 2 is 2.08 bits per heavy atom. The Balaban J connectivity index is 1.69. The van der Waals surface area contributed by atoms with Gasteiger partial charge in [0.05, 0.1) is 6.21 Å². The van der Waals surface area contributed by atoms with Gasteiger partial charge in [-0.2, -0.15) is 5.10 Å². The minimum atomic E-state index is 0.413. The lowest BCUT2D eigenvalue weighted by atomic mass is 10.1. The first kappa shape index (κ1) is 17.5. The van der Waals surface area contributed by atoms with Crippen LogP contribution in [0.15, 0.2) is 47.7 Å². The van der Waals surface area contributed by atoms with Gasteiger partial charge in [-0.15, -0.1) is 0 Å². The number of anilines is 1. The van der Waals surface area contributed by atoms with Gasteiger partial charge in [-0.05, 0) is 48.8 Å². The lowest BCUT2D eigenvalue weighted by Crippen LogP contribution is -2.24. The number of aromatic amines is 1. The minimum absolute atomic E-state index is 0.413. The maximum Gasteiger partial charge on any atom is 0.191 e. The molecule has 2 aromatic carbocycles. The van der Waals surface area contributed by atoms with Crippen molar-refractivity contribution in [1.29, 1.82) is 0 Å². The highest BCUT2D eigenvalue weighted by molar-refractivity contribution is 7.80. The average molecular weight is 371 g/mol. The van der Waals surface area contributed by atoms with Crippen molar-refractivity contribution in [2.75, 3.05) is 5.32 Å². The number of fused-ring (bicyclic) bond motifs is 1. The molecular weight excluding hydrogens is 352 g/mol. The number of hydrogen-bond donors (Lipinski definition) is 3. The number of nitrogens with one attached hydrogen (secondary N) is 3. The first-order valence-corrected chi connectivity index (χ1v) is 8.83. The Hall–Kier alpha value is -2.37. The number of hydrazone groups is 1. The van der Waals surface area contributed by atoms with Crippen molar-refractivity contribution in [3.05, 3.63) is 64.3 Å². The predicted molar refractivity (Wildman–Crippen MR) is 111 cm³/mol. The maximum absolute atomic E-state index is 6.11. The van der Waals surface area contributed by atoms with Gasteiger partial charge in [-0.25, -0.2) is 0 Å². The summed E-state index contributed by atoms with van der Waals surface area (Å²) in [5.41, 5.74) is 8.11. The fourth-order valence-electron chi connectivity index (χ4n) is 2.69. The molecular formula is C19H19ClN4S. The minimum Gasteiger partial charge on any atom is -0.360 e. The van der Waals surface area contributed by atoms with Gasteiger partial charge in [-0.3, -0.25) is 5.43 Å². The van der Waals surface area contributed by atoms with Gasteiger partial charge >= 0.3 is 0 Å². The van der Waals surface area contributed by atoms with Gasteiger partial charge in [-0.1, -0.05) is 42.8 Å². The smallest absolute Gasteiger partial charge is 0.191 e. The zero-order chi connectivity index (χ0) is 17.8. The van der Waals surface area contributed by atoms with Crippen molar-refractivity contribution in [1.82, 2.24) is 10.4 Å². The van der Waals surface area contributed by atoms with Crippen molar-refractivity contribution < 1.29 is 0 Å². The Labute approximate surface area is 157 Å². The topological polar surface area (TPSA) is 52.2 Å². The molecule has 0 aliphatic carbocycles. The van der Waals surface area contributed by atoms with Crippen LogP contribution in [0, 0.1) is 6.92 Å². The van der Waals surface area contributed by atoms with Crippen LogP contribution < -0.4 is 10.7 Å². The largest absolute Gasteiger partial charge is 0.360 e. The summed E-state index contributed by atoms with van der Waals surface area (Å²) in [7, 11) is 0. The highest BCUT2D eigenvalue weighted by Gasteiger charge is 2.05. The van der Waals surface area contributed by atoms with Crippen LogP contribution in [0.1, 0.15) is 23.6 Å². The number of rotatable bonds is 4. The van der Waals surface area contributed by atoms with Gasteiger partial charge in [0.1, 0.15) is 0 Å². The normalized spacial score (nSPS) is 11.2. The molecule has 0 aliphatic rings. The number of aryl methyl sites for hydroxylation is 1. The molecule has 1 heterocycles. The Morgan fingerprint density at radius 1 is 1.28 bits per heavy atom. The fraction of sp³-hybridized carbons (Fsp3) is 0.158. The van der Waals surface area contributed by atoms with E-state index in [9.17, 15) is 0 Å². The second-order valence-corrected chi connectivity index (χ2v) is 6.49. The molecule has 25 heavy (non-hydrogen) atoms. The van der Waals surface area contributed by atoms with Crippen LogP contribution in [-0.4, -0.2) is 16.3 Å². The number of aromatic nitrogens is 1. The Morgan fingerprint density at radius 3 is 2.88 bits per heavy atom. The van der Waals surface area contributed by atoms with Crippen LogP contribution in [0.3, 0.4) is 0 Å². The van der Waals surface area contributed by atoms with E-state index >= 15 is 0 Å². The molecule has 0 bridgehead atoms. The molecule has 0 saturated heterocycles. The number of para-hydroxylation sites is 1. The molecule has 0 radical (unpaired) electrons. The number of nitrogens with zero attached hydrogens (tertiary/aromatic N) is 1. The Kier molecular flexibility index (Phi) is 5.36. The molecule has 128 valence electrons. The van der Waals surface area contributed by atoms with E-state index in [0.29, 0.717) is 10.1 Å². The Bertz CT molecular complexity index is 946. The van der Waals surface area contributed by atoms with Crippen LogP contribution in [0.4, 0.5) is 5.69 Å². The molecule has 4 nitrogen and oxygen atoms in total. The second kappa shape index (κ2) is 7.68. The number of benzene rings is 2. The van der Waals surface area contributed by atoms with Gasteiger partial charge in [0.2, 0.25) is 0 Å². The molecule has 6 heteroatoms. The van der Waals surface area contributed by atoms with E-state index in [1.807, 2.05) is 31.3 Å². The van der Waals surface area contributed by atoms with Crippen LogP contribution in [0.25, 0.3) is 10.9 Å². The summed E-state index contributed by atoms with van der Waals surface area (Å²) < 4.78 is 0. The van der Waals surface area contributed by atoms with Crippen molar-refractivity contribution in [2.24, 2.45) is 5.10 Å². The van der Waals surface area contributed by atoms with Gasteiger partial charge in [0, 0.05) is 33.4 Å². The van der Waals surface area contributed by atoms with Crippen molar-refractivity contribution >= 4 is 51.7 Å². The molecule has 0 saturated carbocycles. The summed E-state index contributed by atoms with van der Waals surface area (Å²) in [5, 5.41) is 9.59. The van der Waals surface area contributed by atoms with Crippen LogP contribution in [-0.2, 0) is 6.42 Å². The van der Waals surface area contributed by atoms with Crippen molar-refractivity contribution in [3.8, 4) is 0 Å². The quantitative estimate of drug-likeness (QED) is 0.343. The van der Waals surface area contributed by atoms with E-state index in [1.165, 1.54) is 5.56 Å². The number of H-pyrrole nitrogens is 1. The van der Waals surface area contributed by atoms with E-state index in [2.05, 4.69) is 46.0 Å². The zero-order valence-corrected chi connectivity index (χ0v) is 15.6. The zero-order valence-electron chi connectivity index (χ0n) is 14.1. The summed E-state index contributed by atoms with van der Waals surface area (Å²) in [4.78, 5) is 3.32. The molecule has 0 atom stereocenters. The van der Waals surface area contributed by atoms with Crippen LogP contribution in [0.5, 0.6) is 0 Å². The summed E-state index contributed by atoms with van der Waals surface area (Å²) in [5.74, 6) is 0. The molecule has 0 spiro atoms. The molecule has 0 unspecified atom stereocenters. The molecule has 0 amide bonds. The van der Waals surface area contributed by atoms with Gasteiger partial charge in [0.15, 0.2) is 5.11 Å². The van der Waals surface area contributed by atoms with E-state index in [1.54, 1.807) is 6.21 Å². The summed E-state index contributed by atoms with van der Waals surface area (Å²) >= 11 is 11.4. The van der Waals surface area contributed by atoms with Crippen molar-refractivity contribution in [3.63, 3.8) is 0 Å². The summed E-state index contributed by atoms with van der Waals surface area (Å²) in [6.07, 6.45) is 4.70.